The highest BCUT2D eigenvalue weighted by Gasteiger charge is 2.47. The Balaban J connectivity index is 1.89. The van der Waals surface area contributed by atoms with Crippen molar-refractivity contribution in [3.63, 3.8) is 0 Å². The van der Waals surface area contributed by atoms with E-state index >= 15 is 0 Å². The number of anilines is 1. The van der Waals surface area contributed by atoms with Crippen LogP contribution < -0.4 is 4.90 Å². The SMILES string of the molecule is Cc1ccc(S(=O)(=O)C2=C(O)C(=O)N(c3ccc(C(C)C)cc3)C2c2ccc(C(C)C)cc2)cc1. The maximum Gasteiger partial charge on any atom is 0.295 e. The summed E-state index contributed by atoms with van der Waals surface area (Å²) in [6.45, 7) is 10.2. The average Bonchev–Trinajstić information content (AvgIpc) is 3.10. The van der Waals surface area contributed by atoms with Crippen LogP contribution in [0.15, 0.2) is 88.4 Å². The van der Waals surface area contributed by atoms with Crippen molar-refractivity contribution in [1.29, 1.82) is 0 Å². The summed E-state index contributed by atoms with van der Waals surface area (Å²) in [6.07, 6.45) is 0. The van der Waals surface area contributed by atoms with Gasteiger partial charge in [-0.3, -0.25) is 9.69 Å². The molecular weight excluding hydrogens is 458 g/mol. The van der Waals surface area contributed by atoms with Gasteiger partial charge in [-0.15, -0.1) is 0 Å². The maximum absolute atomic E-state index is 13.8. The average molecular weight is 490 g/mol. The van der Waals surface area contributed by atoms with Gasteiger partial charge in [-0.05, 0) is 59.7 Å². The van der Waals surface area contributed by atoms with E-state index in [1.54, 1.807) is 24.3 Å². The number of sulfone groups is 1. The highest BCUT2D eigenvalue weighted by atomic mass is 32.2. The predicted molar refractivity (Wildman–Crippen MR) is 139 cm³/mol. The van der Waals surface area contributed by atoms with Crippen molar-refractivity contribution in [1.82, 2.24) is 0 Å². The first kappa shape index (κ1) is 24.7. The summed E-state index contributed by atoms with van der Waals surface area (Å²) >= 11 is 0. The van der Waals surface area contributed by atoms with E-state index in [2.05, 4.69) is 27.7 Å². The van der Waals surface area contributed by atoms with Crippen LogP contribution in [0.25, 0.3) is 0 Å². The van der Waals surface area contributed by atoms with Crippen molar-refractivity contribution >= 4 is 21.4 Å². The number of rotatable bonds is 6. The second-order valence-corrected chi connectivity index (χ2v) is 11.6. The molecule has 6 heteroatoms. The van der Waals surface area contributed by atoms with Crippen molar-refractivity contribution in [3.8, 4) is 0 Å². The first-order chi connectivity index (χ1) is 16.5. The van der Waals surface area contributed by atoms with Crippen molar-refractivity contribution in [3.05, 3.63) is 106 Å². The number of carbonyl (C=O) groups excluding carboxylic acids is 1. The molecule has 35 heavy (non-hydrogen) atoms. The zero-order valence-corrected chi connectivity index (χ0v) is 21.5. The minimum absolute atomic E-state index is 0.0401. The minimum Gasteiger partial charge on any atom is -0.502 e. The molecule has 0 aliphatic carbocycles. The molecule has 0 bridgehead atoms. The maximum atomic E-state index is 13.8. The molecule has 0 saturated carbocycles. The van der Waals surface area contributed by atoms with Gasteiger partial charge in [0.2, 0.25) is 9.84 Å². The summed E-state index contributed by atoms with van der Waals surface area (Å²) in [5, 5.41) is 11.0. The third kappa shape index (κ3) is 4.50. The van der Waals surface area contributed by atoms with Gasteiger partial charge in [0.1, 0.15) is 10.9 Å². The van der Waals surface area contributed by atoms with Crippen LogP contribution in [0.4, 0.5) is 5.69 Å². The van der Waals surface area contributed by atoms with Gasteiger partial charge < -0.3 is 5.11 Å². The van der Waals surface area contributed by atoms with Crippen LogP contribution in [-0.4, -0.2) is 19.4 Å². The van der Waals surface area contributed by atoms with E-state index in [1.807, 2.05) is 43.3 Å². The molecule has 0 saturated heterocycles. The van der Waals surface area contributed by atoms with E-state index in [1.165, 1.54) is 17.0 Å². The molecule has 0 fully saturated rings. The molecule has 1 amide bonds. The fraction of sp³-hybridized carbons (Fsp3) is 0.276. The number of aliphatic hydroxyl groups excluding tert-OH is 1. The summed E-state index contributed by atoms with van der Waals surface area (Å²) in [5.41, 5.74) is 4.26. The molecule has 1 aliphatic heterocycles. The van der Waals surface area contributed by atoms with Gasteiger partial charge in [0, 0.05) is 5.69 Å². The molecule has 1 unspecified atom stereocenters. The van der Waals surface area contributed by atoms with Gasteiger partial charge in [0.25, 0.3) is 5.91 Å². The third-order valence-corrected chi connectivity index (χ3v) is 8.43. The molecule has 1 atom stereocenters. The highest BCUT2D eigenvalue weighted by Crippen LogP contribution is 2.45. The summed E-state index contributed by atoms with van der Waals surface area (Å²) in [6, 6.07) is 20.5. The van der Waals surface area contributed by atoms with Gasteiger partial charge in [-0.25, -0.2) is 8.42 Å². The van der Waals surface area contributed by atoms with Crippen molar-refractivity contribution < 1.29 is 18.3 Å². The minimum atomic E-state index is -4.16. The van der Waals surface area contributed by atoms with E-state index < -0.39 is 27.5 Å². The number of aliphatic hydroxyl groups is 1. The molecule has 3 aromatic carbocycles. The Morgan fingerprint density at radius 1 is 0.771 bits per heavy atom. The van der Waals surface area contributed by atoms with E-state index in [-0.39, 0.29) is 9.80 Å². The van der Waals surface area contributed by atoms with Gasteiger partial charge in [-0.1, -0.05) is 81.8 Å². The van der Waals surface area contributed by atoms with E-state index in [9.17, 15) is 18.3 Å². The number of hydrogen-bond acceptors (Lipinski definition) is 4. The Labute approximate surface area is 207 Å². The molecule has 5 nitrogen and oxygen atoms in total. The molecule has 3 aromatic rings. The van der Waals surface area contributed by atoms with Gasteiger partial charge in [0.05, 0.1) is 4.90 Å². The topological polar surface area (TPSA) is 74.7 Å². The fourth-order valence-electron chi connectivity index (χ4n) is 4.35. The normalized spacial score (nSPS) is 16.6. The van der Waals surface area contributed by atoms with Crippen LogP contribution >= 0.6 is 0 Å². The molecule has 182 valence electrons. The van der Waals surface area contributed by atoms with Crippen LogP contribution in [0.2, 0.25) is 0 Å². The summed E-state index contributed by atoms with van der Waals surface area (Å²) in [5.74, 6) is -0.863. The molecule has 0 radical (unpaired) electrons. The molecule has 1 heterocycles. The second kappa shape index (κ2) is 9.34. The fourth-order valence-corrected chi connectivity index (χ4v) is 5.98. The lowest BCUT2D eigenvalue weighted by Crippen LogP contribution is -2.31. The lowest BCUT2D eigenvalue weighted by atomic mass is 9.98. The number of aryl methyl sites for hydroxylation is 1. The van der Waals surface area contributed by atoms with Crippen LogP contribution in [0, 0.1) is 6.92 Å². The summed E-state index contributed by atoms with van der Waals surface area (Å²) < 4.78 is 27.6. The zero-order chi connectivity index (χ0) is 25.5. The Kier molecular flexibility index (Phi) is 6.60. The van der Waals surface area contributed by atoms with Crippen LogP contribution in [0.5, 0.6) is 0 Å². The Bertz CT molecular complexity index is 1370. The number of nitrogens with zero attached hydrogens (tertiary/aromatic N) is 1. The smallest absolute Gasteiger partial charge is 0.295 e. The monoisotopic (exact) mass is 489 g/mol. The second-order valence-electron chi connectivity index (χ2n) is 9.67. The van der Waals surface area contributed by atoms with Crippen LogP contribution in [-0.2, 0) is 14.6 Å². The lowest BCUT2D eigenvalue weighted by Gasteiger charge is -2.27. The van der Waals surface area contributed by atoms with Gasteiger partial charge in [-0.2, -0.15) is 0 Å². The van der Waals surface area contributed by atoms with Crippen LogP contribution in [0.1, 0.15) is 67.8 Å². The van der Waals surface area contributed by atoms with Crippen molar-refractivity contribution in [2.24, 2.45) is 0 Å². The van der Waals surface area contributed by atoms with Gasteiger partial charge >= 0.3 is 0 Å². The molecule has 4 rings (SSSR count). The Hall–Kier alpha value is -3.38. The van der Waals surface area contributed by atoms with Crippen molar-refractivity contribution in [2.75, 3.05) is 4.90 Å². The summed E-state index contributed by atoms with van der Waals surface area (Å²) in [4.78, 5) is 14.5. The predicted octanol–water partition coefficient (Wildman–Crippen LogP) is 6.57. The number of benzene rings is 3. The summed E-state index contributed by atoms with van der Waals surface area (Å²) in [7, 11) is -4.16. The van der Waals surface area contributed by atoms with E-state index in [0.717, 1.165) is 16.7 Å². The highest BCUT2D eigenvalue weighted by molar-refractivity contribution is 7.95. The van der Waals surface area contributed by atoms with E-state index in [0.29, 0.717) is 23.1 Å². The van der Waals surface area contributed by atoms with E-state index in [4.69, 9.17) is 0 Å². The molecule has 1 N–H and O–H groups in total. The lowest BCUT2D eigenvalue weighted by molar-refractivity contribution is -0.117. The number of hydrogen-bond donors (Lipinski definition) is 1. The van der Waals surface area contributed by atoms with Crippen LogP contribution in [0.3, 0.4) is 0 Å². The van der Waals surface area contributed by atoms with Crippen molar-refractivity contribution in [2.45, 2.75) is 57.4 Å². The number of amides is 1. The first-order valence-electron chi connectivity index (χ1n) is 11.8. The molecule has 1 aliphatic rings. The number of carbonyl (C=O) groups is 1. The zero-order valence-electron chi connectivity index (χ0n) is 20.7. The first-order valence-corrected chi connectivity index (χ1v) is 13.3. The standard InChI is InChI=1S/C29H31NO4S/c1-18(2)21-8-10-23(11-9-21)26-28(35(33,34)25-16-6-20(5)7-17-25)27(31)29(32)30(26)24-14-12-22(13-15-24)19(3)4/h6-19,26,31H,1-5H3. The molecule has 0 aromatic heterocycles. The quantitative estimate of drug-likeness (QED) is 0.425. The molecule has 0 spiro atoms. The third-order valence-electron chi connectivity index (χ3n) is 6.54. The molecular formula is C29H31NO4S. The largest absolute Gasteiger partial charge is 0.502 e. The Morgan fingerprint density at radius 2 is 1.26 bits per heavy atom. The Morgan fingerprint density at radius 3 is 1.74 bits per heavy atom. The van der Waals surface area contributed by atoms with Gasteiger partial charge in [0.15, 0.2) is 5.76 Å².